The van der Waals surface area contributed by atoms with Crippen LogP contribution in [0.3, 0.4) is 0 Å². The minimum atomic E-state index is -3.27. The van der Waals surface area contributed by atoms with E-state index in [0.29, 0.717) is 19.1 Å². The zero-order valence-corrected chi connectivity index (χ0v) is 13.5. The topological polar surface area (TPSA) is 51.2 Å². The quantitative estimate of drug-likeness (QED) is 0.404. The standard InChI is InChI=1S/C15H30O3S/c1-4-6-7-8-9-10-11-12-15(5-2)19(17,18)14(3)13-16/h13-15H,4-12H2,1-3H3. The Morgan fingerprint density at radius 1 is 0.947 bits per heavy atom. The lowest BCUT2D eigenvalue weighted by Crippen LogP contribution is -2.30. The molecule has 0 fully saturated rings. The van der Waals surface area contributed by atoms with Gasteiger partial charge in [0.1, 0.15) is 11.5 Å². The predicted molar refractivity (Wildman–Crippen MR) is 81.1 cm³/mol. The molecule has 0 aliphatic carbocycles. The van der Waals surface area contributed by atoms with E-state index in [2.05, 4.69) is 6.92 Å². The van der Waals surface area contributed by atoms with Crippen molar-refractivity contribution >= 4 is 16.1 Å². The van der Waals surface area contributed by atoms with Gasteiger partial charge in [-0.05, 0) is 19.8 Å². The molecule has 0 rings (SSSR count). The van der Waals surface area contributed by atoms with Crippen molar-refractivity contribution < 1.29 is 13.2 Å². The van der Waals surface area contributed by atoms with Gasteiger partial charge in [-0.1, -0.05) is 58.8 Å². The SMILES string of the molecule is CCCCCCCCCC(CC)S(=O)(=O)C(C)C=O. The van der Waals surface area contributed by atoms with Gasteiger partial charge in [0.05, 0.1) is 5.25 Å². The molecule has 0 N–H and O–H groups in total. The van der Waals surface area contributed by atoms with Crippen molar-refractivity contribution in [3.05, 3.63) is 0 Å². The molecule has 0 amide bonds. The zero-order valence-electron chi connectivity index (χ0n) is 12.7. The van der Waals surface area contributed by atoms with Crippen molar-refractivity contribution in [2.24, 2.45) is 0 Å². The Morgan fingerprint density at radius 2 is 1.47 bits per heavy atom. The number of rotatable bonds is 12. The Balaban J connectivity index is 3.98. The van der Waals surface area contributed by atoms with Gasteiger partial charge in [0.2, 0.25) is 0 Å². The molecule has 4 heteroatoms. The first-order chi connectivity index (χ1) is 9.00. The molecule has 0 heterocycles. The third-order valence-electron chi connectivity index (χ3n) is 3.76. The summed E-state index contributed by atoms with van der Waals surface area (Å²) in [6, 6.07) is 0. The molecule has 2 unspecified atom stereocenters. The third-order valence-corrected chi connectivity index (χ3v) is 6.41. The lowest BCUT2D eigenvalue weighted by Gasteiger charge is -2.17. The summed E-state index contributed by atoms with van der Waals surface area (Å²) in [6.07, 6.45) is 10.2. The Kier molecular flexibility index (Phi) is 10.2. The van der Waals surface area contributed by atoms with Crippen molar-refractivity contribution in [2.75, 3.05) is 0 Å². The molecule has 0 aromatic heterocycles. The van der Waals surface area contributed by atoms with Crippen LogP contribution >= 0.6 is 0 Å². The Labute approximate surface area is 119 Å². The summed E-state index contributed by atoms with van der Waals surface area (Å²) < 4.78 is 24.1. The molecular weight excluding hydrogens is 260 g/mol. The highest BCUT2D eigenvalue weighted by atomic mass is 32.2. The molecular formula is C15H30O3S. The summed E-state index contributed by atoms with van der Waals surface area (Å²) in [7, 11) is -3.27. The molecule has 3 nitrogen and oxygen atoms in total. The van der Waals surface area contributed by atoms with Gasteiger partial charge in [0, 0.05) is 0 Å². The van der Waals surface area contributed by atoms with Crippen LogP contribution in [0.2, 0.25) is 0 Å². The van der Waals surface area contributed by atoms with E-state index in [1.54, 1.807) is 0 Å². The smallest absolute Gasteiger partial charge is 0.162 e. The van der Waals surface area contributed by atoms with Crippen molar-refractivity contribution in [1.29, 1.82) is 0 Å². The van der Waals surface area contributed by atoms with Crippen molar-refractivity contribution in [3.8, 4) is 0 Å². The highest BCUT2D eigenvalue weighted by molar-refractivity contribution is 7.93. The van der Waals surface area contributed by atoms with Crippen molar-refractivity contribution in [3.63, 3.8) is 0 Å². The highest BCUT2D eigenvalue weighted by Crippen LogP contribution is 2.19. The average Bonchev–Trinajstić information content (AvgIpc) is 2.40. The van der Waals surface area contributed by atoms with Crippen LogP contribution in [0, 0.1) is 0 Å². The number of sulfone groups is 1. The van der Waals surface area contributed by atoms with Crippen molar-refractivity contribution in [1.82, 2.24) is 0 Å². The van der Waals surface area contributed by atoms with Crippen LogP contribution in [-0.2, 0) is 14.6 Å². The van der Waals surface area contributed by atoms with Crippen LogP contribution in [-0.4, -0.2) is 25.2 Å². The Morgan fingerprint density at radius 3 is 1.95 bits per heavy atom. The van der Waals surface area contributed by atoms with E-state index in [-0.39, 0.29) is 5.25 Å². The summed E-state index contributed by atoms with van der Waals surface area (Å²) in [6.45, 7) is 5.57. The molecule has 0 spiro atoms. The number of carbonyl (C=O) groups is 1. The lowest BCUT2D eigenvalue weighted by molar-refractivity contribution is -0.107. The molecule has 0 bridgehead atoms. The Bertz CT molecular complexity index is 322. The fourth-order valence-corrected chi connectivity index (χ4v) is 4.03. The number of unbranched alkanes of at least 4 members (excludes halogenated alkanes) is 6. The van der Waals surface area contributed by atoms with Gasteiger partial charge in [-0.15, -0.1) is 0 Å². The minimum absolute atomic E-state index is 0.344. The molecule has 2 atom stereocenters. The summed E-state index contributed by atoms with van der Waals surface area (Å²) in [5.74, 6) is 0. The average molecular weight is 290 g/mol. The molecule has 0 aliphatic rings. The van der Waals surface area contributed by atoms with Crippen LogP contribution in [0.5, 0.6) is 0 Å². The molecule has 0 radical (unpaired) electrons. The van der Waals surface area contributed by atoms with Crippen LogP contribution in [0.25, 0.3) is 0 Å². The van der Waals surface area contributed by atoms with E-state index in [9.17, 15) is 13.2 Å². The van der Waals surface area contributed by atoms with E-state index in [1.165, 1.54) is 39.0 Å². The molecule has 0 aromatic rings. The highest BCUT2D eigenvalue weighted by Gasteiger charge is 2.28. The van der Waals surface area contributed by atoms with E-state index in [0.717, 1.165) is 12.8 Å². The fourth-order valence-electron chi connectivity index (χ4n) is 2.31. The molecule has 19 heavy (non-hydrogen) atoms. The molecule has 114 valence electrons. The fraction of sp³-hybridized carbons (Fsp3) is 0.933. The number of aldehydes is 1. The van der Waals surface area contributed by atoms with Gasteiger partial charge in [0.25, 0.3) is 0 Å². The molecule has 0 aliphatic heterocycles. The summed E-state index contributed by atoms with van der Waals surface area (Å²) in [5.41, 5.74) is 0. The largest absolute Gasteiger partial charge is 0.302 e. The van der Waals surface area contributed by atoms with Crippen LogP contribution in [0.4, 0.5) is 0 Å². The second kappa shape index (κ2) is 10.4. The van der Waals surface area contributed by atoms with Crippen LogP contribution in [0.1, 0.15) is 78.6 Å². The van der Waals surface area contributed by atoms with Gasteiger partial charge in [0.15, 0.2) is 9.84 Å². The van der Waals surface area contributed by atoms with Gasteiger partial charge in [-0.3, -0.25) is 0 Å². The summed E-state index contributed by atoms with van der Waals surface area (Å²) in [5, 5.41) is -1.20. The maximum absolute atomic E-state index is 12.1. The van der Waals surface area contributed by atoms with Gasteiger partial charge < -0.3 is 4.79 Å². The van der Waals surface area contributed by atoms with Crippen molar-refractivity contribution in [2.45, 2.75) is 89.1 Å². The maximum Gasteiger partial charge on any atom is 0.162 e. The summed E-state index contributed by atoms with van der Waals surface area (Å²) >= 11 is 0. The maximum atomic E-state index is 12.1. The number of hydrogen-bond donors (Lipinski definition) is 0. The van der Waals surface area contributed by atoms with Crippen LogP contribution < -0.4 is 0 Å². The van der Waals surface area contributed by atoms with Gasteiger partial charge in [-0.25, -0.2) is 8.42 Å². The second-order valence-corrected chi connectivity index (χ2v) is 7.96. The van der Waals surface area contributed by atoms with E-state index in [1.807, 2.05) is 6.92 Å². The first-order valence-corrected chi connectivity index (χ1v) is 9.29. The lowest BCUT2D eigenvalue weighted by atomic mass is 10.1. The molecule has 0 saturated carbocycles. The second-order valence-electron chi connectivity index (χ2n) is 5.37. The monoisotopic (exact) mass is 290 g/mol. The van der Waals surface area contributed by atoms with Crippen LogP contribution in [0.15, 0.2) is 0 Å². The number of hydrogen-bond acceptors (Lipinski definition) is 3. The third kappa shape index (κ3) is 7.09. The normalized spacial score (nSPS) is 15.1. The molecule has 0 aromatic carbocycles. The van der Waals surface area contributed by atoms with Gasteiger partial charge >= 0.3 is 0 Å². The Hall–Kier alpha value is -0.380. The van der Waals surface area contributed by atoms with E-state index in [4.69, 9.17) is 0 Å². The van der Waals surface area contributed by atoms with E-state index < -0.39 is 15.1 Å². The van der Waals surface area contributed by atoms with Gasteiger partial charge in [-0.2, -0.15) is 0 Å². The minimum Gasteiger partial charge on any atom is -0.302 e. The van der Waals surface area contributed by atoms with E-state index >= 15 is 0 Å². The zero-order chi connectivity index (χ0) is 14.7. The number of carbonyl (C=O) groups excluding carboxylic acids is 1. The molecule has 0 saturated heterocycles. The first-order valence-electron chi connectivity index (χ1n) is 7.68. The first kappa shape index (κ1) is 18.6. The predicted octanol–water partition coefficient (Wildman–Crippen LogP) is 3.91. The summed E-state index contributed by atoms with van der Waals surface area (Å²) in [4.78, 5) is 10.7.